The van der Waals surface area contributed by atoms with Crippen molar-refractivity contribution in [1.29, 1.82) is 0 Å². The monoisotopic (exact) mass is 422 g/mol. The van der Waals surface area contributed by atoms with Crippen molar-refractivity contribution in [2.24, 2.45) is 0 Å². The van der Waals surface area contributed by atoms with Gasteiger partial charge in [0.15, 0.2) is 0 Å². The SMILES string of the molecule is Cc1cc(-n2c3ccccc3c3ccccc32)ccc1-n1c2ccccc2c2ccccc21. The van der Waals surface area contributed by atoms with Crippen molar-refractivity contribution >= 4 is 43.6 Å². The summed E-state index contributed by atoms with van der Waals surface area (Å²) in [7, 11) is 0. The van der Waals surface area contributed by atoms with Crippen molar-refractivity contribution in [3.63, 3.8) is 0 Å². The zero-order valence-electron chi connectivity index (χ0n) is 18.4. The number of benzene rings is 5. The van der Waals surface area contributed by atoms with Crippen molar-refractivity contribution in [3.8, 4) is 11.4 Å². The molecule has 0 bridgehead atoms. The number of para-hydroxylation sites is 4. The third-order valence-corrected chi connectivity index (χ3v) is 6.84. The Morgan fingerprint density at radius 2 is 0.818 bits per heavy atom. The maximum atomic E-state index is 2.40. The van der Waals surface area contributed by atoms with Gasteiger partial charge in [0.1, 0.15) is 0 Å². The average molecular weight is 423 g/mol. The smallest absolute Gasteiger partial charge is 0.0541 e. The minimum atomic E-state index is 1.19. The molecule has 2 nitrogen and oxygen atoms in total. The van der Waals surface area contributed by atoms with Gasteiger partial charge in [-0.1, -0.05) is 72.8 Å². The van der Waals surface area contributed by atoms with Crippen LogP contribution in [0.25, 0.3) is 55.0 Å². The first-order chi connectivity index (χ1) is 16.3. The van der Waals surface area contributed by atoms with E-state index in [9.17, 15) is 0 Å². The van der Waals surface area contributed by atoms with Gasteiger partial charge in [-0.3, -0.25) is 0 Å². The Bertz CT molecular complexity index is 1720. The Hall–Kier alpha value is -4.30. The summed E-state index contributed by atoms with van der Waals surface area (Å²) in [5.74, 6) is 0. The molecule has 33 heavy (non-hydrogen) atoms. The van der Waals surface area contributed by atoms with Gasteiger partial charge < -0.3 is 9.13 Å². The number of aromatic nitrogens is 2. The minimum absolute atomic E-state index is 1.19. The van der Waals surface area contributed by atoms with Gasteiger partial charge in [0.05, 0.1) is 22.1 Å². The molecule has 0 fully saturated rings. The zero-order valence-corrected chi connectivity index (χ0v) is 18.4. The van der Waals surface area contributed by atoms with E-state index in [2.05, 4.69) is 131 Å². The summed E-state index contributed by atoms with van der Waals surface area (Å²) in [6, 6.07) is 41.6. The van der Waals surface area contributed by atoms with Gasteiger partial charge in [-0.25, -0.2) is 0 Å². The molecular formula is C31H22N2. The molecule has 0 amide bonds. The van der Waals surface area contributed by atoms with E-state index in [0.29, 0.717) is 0 Å². The van der Waals surface area contributed by atoms with Crippen molar-refractivity contribution in [3.05, 3.63) is 121 Å². The maximum Gasteiger partial charge on any atom is 0.0541 e. The molecule has 0 saturated heterocycles. The van der Waals surface area contributed by atoms with Gasteiger partial charge >= 0.3 is 0 Å². The van der Waals surface area contributed by atoms with E-state index < -0.39 is 0 Å². The quantitative estimate of drug-likeness (QED) is 0.266. The summed E-state index contributed by atoms with van der Waals surface area (Å²) in [6.45, 7) is 2.22. The minimum Gasteiger partial charge on any atom is -0.309 e. The number of rotatable bonds is 2. The van der Waals surface area contributed by atoms with E-state index in [0.717, 1.165) is 0 Å². The van der Waals surface area contributed by atoms with Crippen molar-refractivity contribution in [2.45, 2.75) is 6.92 Å². The molecule has 0 aliphatic rings. The molecule has 2 aromatic heterocycles. The van der Waals surface area contributed by atoms with Crippen LogP contribution in [0.15, 0.2) is 115 Å². The lowest BCUT2D eigenvalue weighted by molar-refractivity contribution is 1.12. The predicted octanol–water partition coefficient (Wildman–Crippen LogP) is 8.19. The second kappa shape index (κ2) is 6.85. The number of hydrogen-bond acceptors (Lipinski definition) is 0. The van der Waals surface area contributed by atoms with Crippen LogP contribution in [-0.4, -0.2) is 9.13 Å². The number of aryl methyl sites for hydroxylation is 1. The Morgan fingerprint density at radius 1 is 0.424 bits per heavy atom. The van der Waals surface area contributed by atoms with E-state index in [-0.39, 0.29) is 0 Å². The van der Waals surface area contributed by atoms with Crippen LogP contribution in [0.4, 0.5) is 0 Å². The highest BCUT2D eigenvalue weighted by atomic mass is 15.0. The Kier molecular flexibility index (Phi) is 3.80. The molecule has 0 aliphatic heterocycles. The van der Waals surface area contributed by atoms with Crippen molar-refractivity contribution in [1.82, 2.24) is 9.13 Å². The highest BCUT2D eigenvalue weighted by molar-refractivity contribution is 6.10. The largest absolute Gasteiger partial charge is 0.309 e. The number of nitrogens with zero attached hydrogens (tertiary/aromatic N) is 2. The van der Waals surface area contributed by atoms with E-state index in [1.165, 1.54) is 60.5 Å². The molecule has 7 aromatic rings. The fraction of sp³-hybridized carbons (Fsp3) is 0.0323. The summed E-state index contributed by atoms with van der Waals surface area (Å²) in [5.41, 5.74) is 8.62. The topological polar surface area (TPSA) is 9.86 Å². The maximum absolute atomic E-state index is 2.40. The molecular weight excluding hydrogens is 400 g/mol. The van der Waals surface area contributed by atoms with Crippen LogP contribution >= 0.6 is 0 Å². The van der Waals surface area contributed by atoms with E-state index in [4.69, 9.17) is 0 Å². The standard InChI is InChI=1S/C31H22N2/c1-21-20-22(32-28-14-6-2-10-23(28)24-11-3-7-15-29(24)32)18-19-27(21)33-30-16-8-4-12-25(30)26-13-5-9-17-31(26)33/h2-20H,1H3. The van der Waals surface area contributed by atoms with Crippen LogP contribution in [-0.2, 0) is 0 Å². The van der Waals surface area contributed by atoms with E-state index in [1.807, 2.05) is 0 Å². The molecule has 2 heteroatoms. The molecule has 0 N–H and O–H groups in total. The van der Waals surface area contributed by atoms with Crippen LogP contribution in [0.1, 0.15) is 5.56 Å². The molecule has 0 spiro atoms. The highest BCUT2D eigenvalue weighted by Gasteiger charge is 2.15. The molecule has 0 atom stereocenters. The van der Waals surface area contributed by atoms with E-state index >= 15 is 0 Å². The summed E-state index contributed by atoms with van der Waals surface area (Å²) >= 11 is 0. The van der Waals surface area contributed by atoms with Crippen molar-refractivity contribution in [2.75, 3.05) is 0 Å². The molecule has 156 valence electrons. The summed E-state index contributed by atoms with van der Waals surface area (Å²) in [6.07, 6.45) is 0. The van der Waals surface area contributed by atoms with Crippen LogP contribution in [0, 0.1) is 6.92 Å². The van der Waals surface area contributed by atoms with Gasteiger partial charge in [0, 0.05) is 32.9 Å². The zero-order chi connectivity index (χ0) is 21.9. The number of hydrogen-bond donors (Lipinski definition) is 0. The molecule has 0 aliphatic carbocycles. The highest BCUT2D eigenvalue weighted by Crippen LogP contribution is 2.35. The Balaban J connectivity index is 1.50. The lowest BCUT2D eigenvalue weighted by Gasteiger charge is -2.14. The molecule has 7 rings (SSSR count). The second-order valence-electron chi connectivity index (χ2n) is 8.71. The fourth-order valence-corrected chi connectivity index (χ4v) is 5.41. The first kappa shape index (κ1) is 18.3. The van der Waals surface area contributed by atoms with Crippen LogP contribution in [0.3, 0.4) is 0 Å². The second-order valence-corrected chi connectivity index (χ2v) is 8.71. The molecule has 0 saturated carbocycles. The van der Waals surface area contributed by atoms with Gasteiger partial charge in [-0.2, -0.15) is 0 Å². The fourth-order valence-electron chi connectivity index (χ4n) is 5.41. The van der Waals surface area contributed by atoms with Gasteiger partial charge in [0.2, 0.25) is 0 Å². The molecule has 0 unspecified atom stereocenters. The average Bonchev–Trinajstić information content (AvgIpc) is 3.37. The molecule has 5 aromatic carbocycles. The lowest BCUT2D eigenvalue weighted by atomic mass is 10.1. The van der Waals surface area contributed by atoms with Crippen LogP contribution in [0.5, 0.6) is 0 Å². The third kappa shape index (κ3) is 2.55. The third-order valence-electron chi connectivity index (χ3n) is 6.84. The summed E-state index contributed by atoms with van der Waals surface area (Å²) < 4.78 is 4.78. The molecule has 0 radical (unpaired) electrons. The normalized spacial score (nSPS) is 11.8. The first-order valence-corrected chi connectivity index (χ1v) is 11.4. The van der Waals surface area contributed by atoms with Crippen LogP contribution < -0.4 is 0 Å². The van der Waals surface area contributed by atoms with Gasteiger partial charge in [-0.15, -0.1) is 0 Å². The Morgan fingerprint density at radius 3 is 1.24 bits per heavy atom. The summed E-state index contributed by atoms with van der Waals surface area (Å²) in [4.78, 5) is 0. The first-order valence-electron chi connectivity index (χ1n) is 11.4. The summed E-state index contributed by atoms with van der Waals surface area (Å²) in [5, 5.41) is 5.16. The van der Waals surface area contributed by atoms with Gasteiger partial charge in [-0.05, 0) is 55.0 Å². The van der Waals surface area contributed by atoms with Crippen molar-refractivity contribution < 1.29 is 0 Å². The Labute approximate surface area is 191 Å². The van der Waals surface area contributed by atoms with Crippen LogP contribution in [0.2, 0.25) is 0 Å². The lowest BCUT2D eigenvalue weighted by Crippen LogP contribution is -2.00. The predicted molar refractivity (Wildman–Crippen MR) is 140 cm³/mol. The molecule has 2 heterocycles. The number of fused-ring (bicyclic) bond motifs is 6. The van der Waals surface area contributed by atoms with E-state index in [1.54, 1.807) is 0 Å². The van der Waals surface area contributed by atoms with Gasteiger partial charge in [0.25, 0.3) is 0 Å².